The lowest BCUT2D eigenvalue weighted by atomic mass is 9.96. The summed E-state index contributed by atoms with van der Waals surface area (Å²) in [6, 6.07) is 0. The summed E-state index contributed by atoms with van der Waals surface area (Å²) in [6.45, 7) is 0. The van der Waals surface area contributed by atoms with Crippen molar-refractivity contribution < 1.29 is 4.79 Å². The molecule has 1 aliphatic carbocycles. The molecule has 0 aliphatic heterocycles. The van der Waals surface area contributed by atoms with Crippen molar-refractivity contribution >= 4 is 12.0 Å². The number of nitrogens with two attached hydrogens (primary N) is 1. The van der Waals surface area contributed by atoms with Gasteiger partial charge in [0, 0.05) is 24.8 Å². The van der Waals surface area contributed by atoms with Crippen LogP contribution in [-0.2, 0) is 4.79 Å². The van der Waals surface area contributed by atoms with E-state index in [9.17, 15) is 4.79 Å². The predicted octanol–water partition coefficient (Wildman–Crippen LogP) is 0.602. The van der Waals surface area contributed by atoms with Gasteiger partial charge in [0.05, 0.1) is 0 Å². The molecule has 3 N–H and O–H groups in total. The Morgan fingerprint density at radius 1 is 1.50 bits per heavy atom. The van der Waals surface area contributed by atoms with Crippen LogP contribution in [0.1, 0.15) is 19.3 Å². The minimum absolute atomic E-state index is 0.188. The minimum atomic E-state index is 0.188. The molecule has 0 saturated heterocycles. The van der Waals surface area contributed by atoms with Gasteiger partial charge in [-0.25, -0.2) is 0 Å². The van der Waals surface area contributed by atoms with Crippen LogP contribution in [0.5, 0.6) is 0 Å². The zero-order valence-electron chi connectivity index (χ0n) is 5.68. The fourth-order valence-electron chi connectivity index (χ4n) is 0.993. The topological polar surface area (TPSA) is 66.9 Å². The number of carbonyl (C=O) groups excluding carboxylic acids is 1. The lowest BCUT2D eigenvalue weighted by Gasteiger charge is -2.11. The molecule has 3 nitrogen and oxygen atoms in total. The first kappa shape index (κ1) is 6.99. The molecule has 0 unspecified atom stereocenters. The van der Waals surface area contributed by atoms with Gasteiger partial charge in [-0.3, -0.25) is 4.79 Å². The molecule has 3 heteroatoms. The molecule has 1 aliphatic rings. The number of nitrogens with one attached hydrogen (secondary N) is 1. The summed E-state index contributed by atoms with van der Waals surface area (Å²) in [4.78, 5) is 10.8. The summed E-state index contributed by atoms with van der Waals surface area (Å²) in [5.74, 6) is 0.188. The van der Waals surface area contributed by atoms with E-state index in [2.05, 4.69) is 0 Å². The Kier molecular flexibility index (Phi) is 1.85. The largest absolute Gasteiger partial charge is 0.402 e. The Morgan fingerprint density at radius 3 is 2.70 bits per heavy atom. The predicted molar refractivity (Wildman–Crippen MR) is 38.9 cm³/mol. The van der Waals surface area contributed by atoms with Gasteiger partial charge in [-0.05, 0) is 12.0 Å². The zero-order chi connectivity index (χ0) is 7.56. The molecule has 54 valence electrons. The lowest BCUT2D eigenvalue weighted by Crippen LogP contribution is -2.14. The maximum Gasteiger partial charge on any atom is 0.137 e. The van der Waals surface area contributed by atoms with Crippen LogP contribution >= 0.6 is 0 Å². The quantitative estimate of drug-likeness (QED) is 0.521. The third-order valence-electron chi connectivity index (χ3n) is 1.65. The summed E-state index contributed by atoms with van der Waals surface area (Å²) >= 11 is 0. The van der Waals surface area contributed by atoms with Crippen LogP contribution in [0.15, 0.2) is 11.3 Å². The molecule has 10 heavy (non-hydrogen) atoms. The van der Waals surface area contributed by atoms with Crippen molar-refractivity contribution in [3.63, 3.8) is 0 Å². The van der Waals surface area contributed by atoms with E-state index in [0.29, 0.717) is 30.5 Å². The highest BCUT2D eigenvalue weighted by Gasteiger charge is 2.13. The van der Waals surface area contributed by atoms with Crippen molar-refractivity contribution in [3.05, 3.63) is 11.3 Å². The minimum Gasteiger partial charge on any atom is -0.402 e. The number of hydrogen-bond donors (Lipinski definition) is 2. The Bertz CT molecular complexity index is 206. The van der Waals surface area contributed by atoms with Crippen molar-refractivity contribution in [3.8, 4) is 0 Å². The van der Waals surface area contributed by atoms with Gasteiger partial charge in [0.15, 0.2) is 0 Å². The van der Waals surface area contributed by atoms with E-state index in [1.807, 2.05) is 0 Å². The van der Waals surface area contributed by atoms with Gasteiger partial charge in [-0.2, -0.15) is 0 Å². The van der Waals surface area contributed by atoms with Crippen LogP contribution < -0.4 is 5.73 Å². The van der Waals surface area contributed by atoms with E-state index in [4.69, 9.17) is 11.1 Å². The highest BCUT2D eigenvalue weighted by atomic mass is 16.1. The van der Waals surface area contributed by atoms with Crippen molar-refractivity contribution in [1.29, 1.82) is 5.41 Å². The number of ketones is 1. The van der Waals surface area contributed by atoms with Gasteiger partial charge in [-0.15, -0.1) is 0 Å². The molecule has 0 aromatic carbocycles. The second-order valence-electron chi connectivity index (χ2n) is 2.41. The number of carbonyl (C=O) groups is 1. The number of rotatable bonds is 1. The third-order valence-corrected chi connectivity index (χ3v) is 1.65. The van der Waals surface area contributed by atoms with Gasteiger partial charge in [0.2, 0.25) is 0 Å². The second kappa shape index (κ2) is 2.64. The van der Waals surface area contributed by atoms with Gasteiger partial charge in [0.1, 0.15) is 5.78 Å². The lowest BCUT2D eigenvalue weighted by molar-refractivity contribution is -0.118. The van der Waals surface area contributed by atoms with E-state index >= 15 is 0 Å². The van der Waals surface area contributed by atoms with Crippen LogP contribution in [0.3, 0.4) is 0 Å². The Morgan fingerprint density at radius 2 is 2.20 bits per heavy atom. The molecule has 0 saturated carbocycles. The number of allylic oxidation sites excluding steroid dienone is 2. The van der Waals surface area contributed by atoms with Crippen molar-refractivity contribution in [2.75, 3.05) is 0 Å². The second-order valence-corrected chi connectivity index (χ2v) is 2.41. The first-order chi connectivity index (χ1) is 4.74. The van der Waals surface area contributed by atoms with Crippen LogP contribution in [0.2, 0.25) is 0 Å². The molecule has 0 amide bonds. The monoisotopic (exact) mass is 138 g/mol. The SMILES string of the molecule is N=CC1=C(N)CCC(=O)C1. The summed E-state index contributed by atoms with van der Waals surface area (Å²) in [5, 5.41) is 6.90. The maximum atomic E-state index is 10.8. The molecule has 0 spiro atoms. The Balaban J connectivity index is 2.81. The zero-order valence-corrected chi connectivity index (χ0v) is 5.68. The molecule has 0 atom stereocenters. The van der Waals surface area contributed by atoms with Crippen LogP contribution in [0, 0.1) is 5.41 Å². The molecule has 0 bridgehead atoms. The average molecular weight is 138 g/mol. The molecule has 0 aromatic heterocycles. The summed E-state index contributed by atoms with van der Waals surface area (Å²) < 4.78 is 0. The van der Waals surface area contributed by atoms with E-state index in [1.54, 1.807) is 0 Å². The maximum absolute atomic E-state index is 10.8. The first-order valence-electron chi connectivity index (χ1n) is 3.23. The third kappa shape index (κ3) is 1.23. The fourth-order valence-corrected chi connectivity index (χ4v) is 0.993. The Labute approximate surface area is 59.4 Å². The fraction of sp³-hybridized carbons (Fsp3) is 0.429. The van der Waals surface area contributed by atoms with Crippen molar-refractivity contribution in [2.45, 2.75) is 19.3 Å². The van der Waals surface area contributed by atoms with Crippen LogP contribution in [0.25, 0.3) is 0 Å². The van der Waals surface area contributed by atoms with Crippen LogP contribution in [-0.4, -0.2) is 12.0 Å². The van der Waals surface area contributed by atoms with Crippen LogP contribution in [0.4, 0.5) is 0 Å². The van der Waals surface area contributed by atoms with Gasteiger partial charge < -0.3 is 11.1 Å². The molecular weight excluding hydrogens is 128 g/mol. The highest BCUT2D eigenvalue weighted by Crippen LogP contribution is 2.16. The molecule has 0 radical (unpaired) electrons. The summed E-state index contributed by atoms with van der Waals surface area (Å²) in [5.41, 5.74) is 6.92. The van der Waals surface area contributed by atoms with E-state index < -0.39 is 0 Å². The Hall–Kier alpha value is -1.12. The molecule has 0 heterocycles. The molecular formula is C7H10N2O. The summed E-state index contributed by atoms with van der Waals surface area (Å²) in [6.07, 6.45) is 2.70. The van der Waals surface area contributed by atoms with E-state index in [-0.39, 0.29) is 5.78 Å². The van der Waals surface area contributed by atoms with E-state index in [0.717, 1.165) is 0 Å². The number of hydrogen-bond acceptors (Lipinski definition) is 3. The average Bonchev–Trinajstić information content (AvgIpc) is 1.94. The summed E-state index contributed by atoms with van der Waals surface area (Å²) in [7, 11) is 0. The van der Waals surface area contributed by atoms with Gasteiger partial charge in [-0.1, -0.05) is 0 Å². The smallest absolute Gasteiger partial charge is 0.137 e. The highest BCUT2D eigenvalue weighted by molar-refractivity contribution is 5.91. The van der Waals surface area contributed by atoms with E-state index in [1.165, 1.54) is 6.21 Å². The number of Topliss-reactive ketones (excluding diaryl/α,β-unsaturated/α-hetero) is 1. The molecule has 0 aromatic rings. The van der Waals surface area contributed by atoms with Gasteiger partial charge in [0.25, 0.3) is 0 Å². The molecule has 1 rings (SSSR count). The standard InChI is InChI=1S/C7H10N2O/c8-4-5-3-6(10)1-2-7(5)9/h4,8H,1-3,9H2. The van der Waals surface area contributed by atoms with Gasteiger partial charge >= 0.3 is 0 Å². The van der Waals surface area contributed by atoms with Crippen molar-refractivity contribution in [1.82, 2.24) is 0 Å². The normalized spacial score (nSPS) is 19.4. The molecule has 0 fully saturated rings. The van der Waals surface area contributed by atoms with Crippen molar-refractivity contribution in [2.24, 2.45) is 5.73 Å². The first-order valence-corrected chi connectivity index (χ1v) is 3.23.